The standard InChI is InChI=1S/C16H19N9O4/c1-5-24-14(16(27)19-10-6-17-23(4)9(10)2)11(7-18-24)20-15(26)13-12(25(28)29)8-22(3)21-13/h6-8H,5H2,1-4H3,(H,19,27)(H,20,26). The molecule has 0 saturated heterocycles. The minimum Gasteiger partial charge on any atom is -0.318 e. The number of aromatic nitrogens is 6. The van der Waals surface area contributed by atoms with E-state index in [1.807, 2.05) is 0 Å². The van der Waals surface area contributed by atoms with Crippen molar-refractivity contribution in [3.63, 3.8) is 0 Å². The lowest BCUT2D eigenvalue weighted by atomic mass is 10.3. The number of hydrogen-bond acceptors (Lipinski definition) is 7. The molecule has 0 radical (unpaired) electrons. The number of hydrogen-bond donors (Lipinski definition) is 2. The Labute approximate surface area is 164 Å². The maximum Gasteiger partial charge on any atom is 0.320 e. The predicted octanol–water partition coefficient (Wildman–Crippen LogP) is 1.09. The summed E-state index contributed by atoms with van der Waals surface area (Å²) in [6, 6.07) is 0. The first kappa shape index (κ1) is 19.7. The molecule has 0 fully saturated rings. The van der Waals surface area contributed by atoms with Crippen molar-refractivity contribution in [2.45, 2.75) is 20.4 Å². The van der Waals surface area contributed by atoms with Crippen molar-refractivity contribution in [3.05, 3.63) is 45.8 Å². The summed E-state index contributed by atoms with van der Waals surface area (Å²) in [6.07, 6.45) is 3.94. The Balaban J connectivity index is 1.90. The topological polar surface area (TPSA) is 155 Å². The maximum atomic E-state index is 12.8. The van der Waals surface area contributed by atoms with Crippen LogP contribution in [0.5, 0.6) is 0 Å². The molecule has 13 nitrogen and oxygen atoms in total. The van der Waals surface area contributed by atoms with E-state index in [2.05, 4.69) is 25.9 Å². The maximum absolute atomic E-state index is 12.8. The summed E-state index contributed by atoms with van der Waals surface area (Å²) in [5, 5.41) is 28.4. The van der Waals surface area contributed by atoms with Gasteiger partial charge in [-0.2, -0.15) is 15.3 Å². The van der Waals surface area contributed by atoms with Gasteiger partial charge in [0.05, 0.1) is 34.4 Å². The monoisotopic (exact) mass is 401 g/mol. The van der Waals surface area contributed by atoms with Gasteiger partial charge in [-0.15, -0.1) is 0 Å². The van der Waals surface area contributed by atoms with Gasteiger partial charge in [-0.1, -0.05) is 0 Å². The van der Waals surface area contributed by atoms with E-state index in [9.17, 15) is 19.7 Å². The molecule has 0 bridgehead atoms. The molecule has 29 heavy (non-hydrogen) atoms. The Morgan fingerprint density at radius 1 is 1.14 bits per heavy atom. The van der Waals surface area contributed by atoms with Gasteiger partial charge in [0.15, 0.2) is 0 Å². The fourth-order valence-corrected chi connectivity index (χ4v) is 2.71. The van der Waals surface area contributed by atoms with Gasteiger partial charge in [0, 0.05) is 20.6 Å². The van der Waals surface area contributed by atoms with Crippen molar-refractivity contribution in [2.75, 3.05) is 10.6 Å². The lowest BCUT2D eigenvalue weighted by Gasteiger charge is -2.09. The van der Waals surface area contributed by atoms with E-state index in [4.69, 9.17) is 0 Å². The number of aryl methyl sites for hydroxylation is 3. The first-order valence-corrected chi connectivity index (χ1v) is 8.58. The summed E-state index contributed by atoms with van der Waals surface area (Å²) < 4.78 is 4.18. The molecule has 0 aliphatic carbocycles. The van der Waals surface area contributed by atoms with E-state index in [-0.39, 0.29) is 17.1 Å². The molecule has 0 atom stereocenters. The average Bonchev–Trinajstić information content (AvgIpc) is 3.34. The largest absolute Gasteiger partial charge is 0.320 e. The number of carbonyl (C=O) groups is 2. The van der Waals surface area contributed by atoms with E-state index in [0.29, 0.717) is 12.2 Å². The second-order valence-corrected chi connectivity index (χ2v) is 6.19. The van der Waals surface area contributed by atoms with Crippen LogP contribution in [-0.4, -0.2) is 46.1 Å². The Bertz CT molecular complexity index is 1110. The third-order valence-corrected chi connectivity index (χ3v) is 4.31. The molecule has 0 spiro atoms. The number of nitro groups is 1. The van der Waals surface area contributed by atoms with Crippen LogP contribution in [0.3, 0.4) is 0 Å². The molecule has 3 aromatic heterocycles. The van der Waals surface area contributed by atoms with Gasteiger partial charge in [-0.25, -0.2) is 0 Å². The molecule has 3 aromatic rings. The molecule has 2 N–H and O–H groups in total. The highest BCUT2D eigenvalue weighted by Gasteiger charge is 2.27. The third kappa shape index (κ3) is 3.69. The lowest BCUT2D eigenvalue weighted by molar-refractivity contribution is -0.385. The predicted molar refractivity (Wildman–Crippen MR) is 102 cm³/mol. The second kappa shape index (κ2) is 7.53. The molecule has 0 aromatic carbocycles. The number of rotatable bonds is 6. The van der Waals surface area contributed by atoms with Crippen molar-refractivity contribution < 1.29 is 14.5 Å². The highest BCUT2D eigenvalue weighted by atomic mass is 16.6. The molecule has 0 aliphatic rings. The molecule has 0 aliphatic heterocycles. The van der Waals surface area contributed by atoms with Gasteiger partial charge in [-0.05, 0) is 13.8 Å². The van der Waals surface area contributed by atoms with Crippen LogP contribution in [-0.2, 0) is 20.6 Å². The van der Waals surface area contributed by atoms with E-state index in [0.717, 1.165) is 11.9 Å². The van der Waals surface area contributed by atoms with Gasteiger partial charge in [0.25, 0.3) is 11.8 Å². The minimum atomic E-state index is -0.820. The summed E-state index contributed by atoms with van der Waals surface area (Å²) in [6.45, 7) is 3.95. The first-order chi connectivity index (χ1) is 13.7. The molecular formula is C16H19N9O4. The van der Waals surface area contributed by atoms with E-state index in [1.165, 1.54) is 28.8 Å². The van der Waals surface area contributed by atoms with Crippen molar-refractivity contribution in [3.8, 4) is 0 Å². The zero-order valence-corrected chi connectivity index (χ0v) is 16.2. The fraction of sp³-hybridized carbons (Fsp3) is 0.312. The van der Waals surface area contributed by atoms with E-state index in [1.54, 1.807) is 25.6 Å². The van der Waals surface area contributed by atoms with Crippen molar-refractivity contribution in [1.82, 2.24) is 29.3 Å². The van der Waals surface area contributed by atoms with Gasteiger partial charge in [-0.3, -0.25) is 33.7 Å². The van der Waals surface area contributed by atoms with Crippen molar-refractivity contribution in [1.29, 1.82) is 0 Å². The first-order valence-electron chi connectivity index (χ1n) is 8.58. The molecule has 3 rings (SSSR count). The Morgan fingerprint density at radius 3 is 2.38 bits per heavy atom. The SMILES string of the molecule is CCn1ncc(NC(=O)c2nn(C)cc2[N+](=O)[O-])c1C(=O)Nc1cnn(C)c1C. The molecule has 13 heteroatoms. The van der Waals surface area contributed by atoms with Crippen LogP contribution < -0.4 is 10.6 Å². The van der Waals surface area contributed by atoms with Crippen LogP contribution in [0.15, 0.2) is 18.6 Å². The van der Waals surface area contributed by atoms with Gasteiger partial charge in [0.2, 0.25) is 5.69 Å². The molecule has 2 amide bonds. The van der Waals surface area contributed by atoms with Gasteiger partial charge in [0.1, 0.15) is 11.9 Å². The van der Waals surface area contributed by atoms with Crippen LogP contribution >= 0.6 is 0 Å². The normalized spacial score (nSPS) is 10.8. The zero-order chi connectivity index (χ0) is 21.3. The number of amides is 2. The summed E-state index contributed by atoms with van der Waals surface area (Å²) in [5.41, 5.74) is 0.661. The Kier molecular flexibility index (Phi) is 5.12. The Hall–Kier alpha value is -4.03. The molecule has 0 unspecified atom stereocenters. The number of anilines is 2. The Morgan fingerprint density at radius 2 is 1.79 bits per heavy atom. The quantitative estimate of drug-likeness (QED) is 0.463. The van der Waals surface area contributed by atoms with Crippen LogP contribution in [0.2, 0.25) is 0 Å². The molecule has 0 saturated carbocycles. The smallest absolute Gasteiger partial charge is 0.318 e. The highest BCUT2D eigenvalue weighted by molar-refractivity contribution is 6.12. The summed E-state index contributed by atoms with van der Waals surface area (Å²) >= 11 is 0. The number of carbonyl (C=O) groups excluding carboxylic acids is 2. The van der Waals surface area contributed by atoms with Crippen molar-refractivity contribution in [2.24, 2.45) is 14.1 Å². The fourth-order valence-electron chi connectivity index (χ4n) is 2.71. The van der Waals surface area contributed by atoms with Crippen LogP contribution in [0.4, 0.5) is 17.1 Å². The zero-order valence-electron chi connectivity index (χ0n) is 16.2. The van der Waals surface area contributed by atoms with Gasteiger partial charge < -0.3 is 10.6 Å². The molecule has 3 heterocycles. The number of nitrogens with one attached hydrogen (secondary N) is 2. The molecular weight excluding hydrogens is 382 g/mol. The molecule has 152 valence electrons. The second-order valence-electron chi connectivity index (χ2n) is 6.19. The van der Waals surface area contributed by atoms with Crippen molar-refractivity contribution >= 4 is 28.9 Å². The average molecular weight is 401 g/mol. The summed E-state index contributed by atoms with van der Waals surface area (Å²) in [4.78, 5) is 35.9. The van der Waals surface area contributed by atoms with Crippen LogP contribution in [0.25, 0.3) is 0 Å². The minimum absolute atomic E-state index is 0.0997. The summed E-state index contributed by atoms with van der Waals surface area (Å²) in [7, 11) is 3.21. The van der Waals surface area contributed by atoms with Crippen LogP contribution in [0, 0.1) is 17.0 Å². The third-order valence-electron chi connectivity index (χ3n) is 4.31. The lowest BCUT2D eigenvalue weighted by Crippen LogP contribution is -2.21. The number of nitrogens with zero attached hydrogens (tertiary/aromatic N) is 7. The highest BCUT2D eigenvalue weighted by Crippen LogP contribution is 2.22. The van der Waals surface area contributed by atoms with E-state index < -0.39 is 22.4 Å². The van der Waals surface area contributed by atoms with Crippen LogP contribution in [0.1, 0.15) is 33.6 Å². The summed E-state index contributed by atoms with van der Waals surface area (Å²) in [5.74, 6) is -1.33. The van der Waals surface area contributed by atoms with E-state index >= 15 is 0 Å². The van der Waals surface area contributed by atoms with Gasteiger partial charge >= 0.3 is 5.69 Å².